The fraction of sp³-hybridized carbons (Fsp3) is 0.364. The van der Waals surface area contributed by atoms with Crippen LogP contribution < -0.4 is 25.0 Å². The van der Waals surface area contributed by atoms with E-state index in [1.807, 2.05) is 31.3 Å². The number of quaternary nitrogens is 1. The molecule has 2 aromatic carbocycles. The van der Waals surface area contributed by atoms with Crippen molar-refractivity contribution in [1.82, 2.24) is 5.32 Å². The van der Waals surface area contributed by atoms with Gasteiger partial charge in [0.2, 0.25) is 0 Å². The standard InChI is InChI=1S/C22H27N3O4/c1-25(13-15-8-11-17(28-2)12-20(15)29-3)14-21(26)24-19-7-5-4-6-18(19)22(27)23-16-9-10-16/h4-8,11-12,16H,9-10,13-14H2,1-3H3,(H,23,27)(H,24,26)/p+1. The van der Waals surface area contributed by atoms with E-state index < -0.39 is 0 Å². The Hall–Kier alpha value is -3.06. The summed E-state index contributed by atoms with van der Waals surface area (Å²) in [7, 11) is 5.16. The van der Waals surface area contributed by atoms with Crippen molar-refractivity contribution in [2.45, 2.75) is 25.4 Å². The maximum Gasteiger partial charge on any atom is 0.279 e. The Morgan fingerprint density at radius 3 is 2.55 bits per heavy atom. The minimum absolute atomic E-state index is 0.146. The summed E-state index contributed by atoms with van der Waals surface area (Å²) in [5.41, 5.74) is 2.01. The molecule has 0 radical (unpaired) electrons. The molecule has 154 valence electrons. The predicted octanol–water partition coefficient (Wildman–Crippen LogP) is 1.25. The van der Waals surface area contributed by atoms with Gasteiger partial charge in [0, 0.05) is 17.7 Å². The van der Waals surface area contributed by atoms with Gasteiger partial charge < -0.3 is 25.0 Å². The summed E-state index contributed by atoms with van der Waals surface area (Å²) in [5, 5.41) is 5.84. The van der Waals surface area contributed by atoms with Crippen LogP contribution in [0.1, 0.15) is 28.8 Å². The summed E-state index contributed by atoms with van der Waals surface area (Å²) >= 11 is 0. The minimum Gasteiger partial charge on any atom is -0.497 e. The number of nitrogens with one attached hydrogen (secondary N) is 3. The van der Waals surface area contributed by atoms with E-state index in [0.717, 1.165) is 34.8 Å². The first-order valence-electron chi connectivity index (χ1n) is 9.72. The van der Waals surface area contributed by atoms with Gasteiger partial charge in [0.15, 0.2) is 6.54 Å². The summed E-state index contributed by atoms with van der Waals surface area (Å²) in [5.74, 6) is 1.15. The molecule has 2 amide bonds. The zero-order chi connectivity index (χ0) is 20.8. The Kier molecular flexibility index (Phi) is 6.72. The van der Waals surface area contributed by atoms with Gasteiger partial charge in [-0.05, 0) is 37.1 Å². The molecule has 0 aromatic heterocycles. The lowest BCUT2D eigenvalue weighted by Crippen LogP contribution is -3.08. The van der Waals surface area contributed by atoms with Crippen molar-refractivity contribution in [3.63, 3.8) is 0 Å². The molecule has 0 bridgehead atoms. The van der Waals surface area contributed by atoms with Crippen molar-refractivity contribution in [1.29, 1.82) is 0 Å². The lowest BCUT2D eigenvalue weighted by Gasteiger charge is -2.17. The van der Waals surface area contributed by atoms with Crippen LogP contribution in [0.5, 0.6) is 11.5 Å². The Labute approximate surface area is 171 Å². The average Bonchev–Trinajstić information content (AvgIpc) is 3.52. The van der Waals surface area contributed by atoms with Crippen LogP contribution in [0.3, 0.4) is 0 Å². The molecule has 29 heavy (non-hydrogen) atoms. The van der Waals surface area contributed by atoms with Gasteiger partial charge >= 0.3 is 0 Å². The second-order valence-electron chi connectivity index (χ2n) is 7.33. The molecule has 1 aliphatic rings. The number of ether oxygens (including phenoxy) is 2. The van der Waals surface area contributed by atoms with E-state index in [9.17, 15) is 9.59 Å². The highest BCUT2D eigenvalue weighted by molar-refractivity contribution is 6.04. The van der Waals surface area contributed by atoms with E-state index in [1.165, 1.54) is 0 Å². The molecular weight excluding hydrogens is 370 g/mol. The van der Waals surface area contributed by atoms with E-state index in [0.29, 0.717) is 17.8 Å². The number of benzene rings is 2. The minimum atomic E-state index is -0.151. The SMILES string of the molecule is COc1ccc(C[NH+](C)CC(=O)Nc2ccccc2C(=O)NC2CC2)c(OC)c1. The van der Waals surface area contributed by atoms with Gasteiger partial charge in [-0.2, -0.15) is 0 Å². The van der Waals surface area contributed by atoms with Gasteiger partial charge in [-0.15, -0.1) is 0 Å². The summed E-state index contributed by atoms with van der Waals surface area (Å²) in [4.78, 5) is 25.9. The number of anilines is 1. The number of methoxy groups -OCH3 is 2. The number of rotatable bonds is 9. The van der Waals surface area contributed by atoms with Crippen LogP contribution in [0.15, 0.2) is 42.5 Å². The number of likely N-dealkylation sites (N-methyl/N-ethyl adjacent to an activating group) is 1. The van der Waals surface area contributed by atoms with E-state index in [-0.39, 0.29) is 24.4 Å². The predicted molar refractivity (Wildman–Crippen MR) is 111 cm³/mol. The second-order valence-corrected chi connectivity index (χ2v) is 7.33. The monoisotopic (exact) mass is 398 g/mol. The Morgan fingerprint density at radius 1 is 1.10 bits per heavy atom. The molecule has 1 unspecified atom stereocenters. The third-order valence-electron chi connectivity index (χ3n) is 4.81. The lowest BCUT2D eigenvalue weighted by molar-refractivity contribution is -0.885. The van der Waals surface area contributed by atoms with E-state index in [2.05, 4.69) is 10.6 Å². The number of carbonyl (C=O) groups is 2. The van der Waals surface area contributed by atoms with Gasteiger partial charge in [0.05, 0.1) is 32.5 Å². The maximum absolute atomic E-state index is 12.6. The van der Waals surface area contributed by atoms with Gasteiger partial charge in [-0.1, -0.05) is 12.1 Å². The highest BCUT2D eigenvalue weighted by Gasteiger charge is 2.25. The summed E-state index contributed by atoms with van der Waals surface area (Å²) in [6.07, 6.45) is 2.03. The molecule has 1 atom stereocenters. The molecule has 2 aromatic rings. The van der Waals surface area contributed by atoms with Gasteiger partial charge in [-0.3, -0.25) is 9.59 Å². The second kappa shape index (κ2) is 9.43. The molecular formula is C22H28N3O4+. The zero-order valence-electron chi connectivity index (χ0n) is 17.1. The van der Waals surface area contributed by atoms with Crippen molar-refractivity contribution in [2.75, 3.05) is 33.1 Å². The molecule has 1 fully saturated rings. The van der Waals surface area contributed by atoms with Crippen molar-refractivity contribution >= 4 is 17.5 Å². The first-order valence-corrected chi connectivity index (χ1v) is 9.72. The number of hydrogen-bond donors (Lipinski definition) is 3. The number of carbonyl (C=O) groups excluding carboxylic acids is 2. The lowest BCUT2D eigenvalue weighted by atomic mass is 10.1. The fourth-order valence-electron chi connectivity index (χ4n) is 3.13. The van der Waals surface area contributed by atoms with Gasteiger partial charge in [-0.25, -0.2) is 0 Å². The van der Waals surface area contributed by atoms with Gasteiger partial charge in [0.25, 0.3) is 11.8 Å². The molecule has 0 spiro atoms. The fourth-order valence-corrected chi connectivity index (χ4v) is 3.13. The highest BCUT2D eigenvalue weighted by atomic mass is 16.5. The van der Waals surface area contributed by atoms with Crippen LogP contribution in [-0.2, 0) is 11.3 Å². The smallest absolute Gasteiger partial charge is 0.279 e. The van der Waals surface area contributed by atoms with Crippen molar-refractivity contribution in [2.24, 2.45) is 0 Å². The normalized spacial score (nSPS) is 14.0. The topological polar surface area (TPSA) is 81.1 Å². The van der Waals surface area contributed by atoms with Gasteiger partial charge in [0.1, 0.15) is 18.0 Å². The average molecular weight is 398 g/mol. The Morgan fingerprint density at radius 2 is 1.86 bits per heavy atom. The molecule has 1 aliphatic carbocycles. The molecule has 7 heteroatoms. The summed E-state index contributed by atoms with van der Waals surface area (Å²) in [6.45, 7) is 0.873. The van der Waals surface area contributed by atoms with E-state index in [4.69, 9.17) is 9.47 Å². The first kappa shape index (κ1) is 20.7. The van der Waals surface area contributed by atoms with Crippen molar-refractivity contribution < 1.29 is 24.0 Å². The summed E-state index contributed by atoms with van der Waals surface area (Å²) < 4.78 is 10.7. The Balaban J connectivity index is 1.60. The molecule has 3 rings (SSSR count). The van der Waals surface area contributed by atoms with Crippen LogP contribution in [-0.4, -0.2) is 45.7 Å². The molecule has 7 nitrogen and oxygen atoms in total. The van der Waals surface area contributed by atoms with Crippen LogP contribution >= 0.6 is 0 Å². The maximum atomic E-state index is 12.6. The van der Waals surface area contributed by atoms with Crippen molar-refractivity contribution in [3.8, 4) is 11.5 Å². The number of para-hydroxylation sites is 1. The third-order valence-corrected chi connectivity index (χ3v) is 4.81. The van der Waals surface area contributed by atoms with E-state index >= 15 is 0 Å². The van der Waals surface area contributed by atoms with Crippen molar-refractivity contribution in [3.05, 3.63) is 53.6 Å². The van der Waals surface area contributed by atoms with E-state index in [1.54, 1.807) is 32.4 Å². The Bertz CT molecular complexity index is 880. The molecule has 1 saturated carbocycles. The van der Waals surface area contributed by atoms with Crippen LogP contribution in [0, 0.1) is 0 Å². The zero-order valence-corrected chi connectivity index (χ0v) is 17.1. The summed E-state index contributed by atoms with van der Waals surface area (Å²) in [6, 6.07) is 13.0. The largest absolute Gasteiger partial charge is 0.497 e. The molecule has 0 heterocycles. The molecule has 3 N–H and O–H groups in total. The quantitative estimate of drug-likeness (QED) is 0.594. The van der Waals surface area contributed by atoms with Crippen LogP contribution in [0.4, 0.5) is 5.69 Å². The van der Waals surface area contributed by atoms with Crippen LogP contribution in [0.2, 0.25) is 0 Å². The van der Waals surface area contributed by atoms with Crippen LogP contribution in [0.25, 0.3) is 0 Å². The third kappa shape index (κ3) is 5.71. The molecule has 0 aliphatic heterocycles. The number of hydrogen-bond acceptors (Lipinski definition) is 4. The molecule has 0 saturated heterocycles. The highest BCUT2D eigenvalue weighted by Crippen LogP contribution is 2.24. The first-order chi connectivity index (χ1) is 14.0. The number of amides is 2.